The number of aryl methyl sites for hydroxylation is 2. The Balaban J connectivity index is 1.40. The molecule has 3 aromatic rings. The Morgan fingerprint density at radius 3 is 2.59 bits per heavy atom. The van der Waals surface area contributed by atoms with Crippen LogP contribution in [0.3, 0.4) is 0 Å². The van der Waals surface area contributed by atoms with Gasteiger partial charge in [0.2, 0.25) is 0 Å². The van der Waals surface area contributed by atoms with Crippen molar-refractivity contribution in [3.05, 3.63) is 101 Å². The smallest absolute Gasteiger partial charge is 0.145 e. The molecule has 0 bridgehead atoms. The van der Waals surface area contributed by atoms with Gasteiger partial charge in [-0.15, -0.1) is 0 Å². The first-order valence-corrected chi connectivity index (χ1v) is 11.6. The standard InChI is InChI=1S/C28H31FN2O3/c1-20-8-3-5-12-26(20)27-15-25(34-30-27)18-31(16-22-10-7-11-23(29)14-22)17-24(32)19-33-28-13-6-4-9-21(28)2/h3-14,24-25,32H,15-19H2,1-2H3/t24-,25-/m0/s1. The quantitative estimate of drug-likeness (QED) is 0.467. The highest BCUT2D eigenvalue weighted by Crippen LogP contribution is 2.21. The van der Waals surface area contributed by atoms with Gasteiger partial charge < -0.3 is 14.7 Å². The maximum Gasteiger partial charge on any atom is 0.145 e. The molecule has 2 atom stereocenters. The molecule has 0 aliphatic carbocycles. The molecule has 0 aromatic heterocycles. The van der Waals surface area contributed by atoms with E-state index in [1.807, 2.05) is 49.4 Å². The molecule has 0 unspecified atom stereocenters. The van der Waals surface area contributed by atoms with Gasteiger partial charge in [0.1, 0.15) is 30.4 Å². The van der Waals surface area contributed by atoms with E-state index in [2.05, 4.69) is 29.1 Å². The Bertz CT molecular complexity index is 1130. The van der Waals surface area contributed by atoms with Crippen molar-refractivity contribution in [2.45, 2.75) is 39.0 Å². The van der Waals surface area contributed by atoms with Crippen LogP contribution in [0.5, 0.6) is 5.75 Å². The molecule has 0 spiro atoms. The number of aliphatic hydroxyl groups excluding tert-OH is 1. The number of rotatable bonds is 10. The summed E-state index contributed by atoms with van der Waals surface area (Å²) in [5, 5.41) is 15.1. The lowest BCUT2D eigenvalue weighted by molar-refractivity contribution is 0.0212. The van der Waals surface area contributed by atoms with Gasteiger partial charge in [-0.25, -0.2) is 4.39 Å². The van der Waals surface area contributed by atoms with Crippen LogP contribution in [-0.4, -0.2) is 47.6 Å². The highest BCUT2D eigenvalue weighted by molar-refractivity contribution is 6.02. The van der Waals surface area contributed by atoms with Crippen LogP contribution < -0.4 is 4.74 Å². The molecule has 6 heteroatoms. The summed E-state index contributed by atoms with van der Waals surface area (Å²) >= 11 is 0. The number of halogens is 1. The number of oxime groups is 1. The first-order valence-electron chi connectivity index (χ1n) is 11.6. The van der Waals surface area contributed by atoms with Crippen LogP contribution >= 0.6 is 0 Å². The van der Waals surface area contributed by atoms with Crippen molar-refractivity contribution in [1.82, 2.24) is 4.90 Å². The van der Waals surface area contributed by atoms with Crippen molar-refractivity contribution in [3.63, 3.8) is 0 Å². The molecule has 0 radical (unpaired) electrons. The van der Waals surface area contributed by atoms with Gasteiger partial charge in [-0.05, 0) is 48.7 Å². The lowest BCUT2D eigenvalue weighted by atomic mass is 10.00. The molecule has 5 nitrogen and oxygen atoms in total. The van der Waals surface area contributed by atoms with Crippen LogP contribution in [0.2, 0.25) is 0 Å². The maximum atomic E-state index is 13.8. The molecule has 3 aromatic carbocycles. The van der Waals surface area contributed by atoms with E-state index in [4.69, 9.17) is 9.57 Å². The van der Waals surface area contributed by atoms with Crippen LogP contribution in [0.15, 0.2) is 78.0 Å². The average Bonchev–Trinajstić information content (AvgIpc) is 3.27. The maximum absolute atomic E-state index is 13.8. The highest BCUT2D eigenvalue weighted by Gasteiger charge is 2.26. The Labute approximate surface area is 200 Å². The van der Waals surface area contributed by atoms with Gasteiger partial charge in [0.25, 0.3) is 0 Å². The second-order valence-corrected chi connectivity index (χ2v) is 8.84. The normalized spacial score (nSPS) is 16.3. The fraction of sp³-hybridized carbons (Fsp3) is 0.321. The van der Waals surface area contributed by atoms with E-state index in [0.29, 0.717) is 26.1 Å². The highest BCUT2D eigenvalue weighted by atomic mass is 19.1. The van der Waals surface area contributed by atoms with Crippen LogP contribution in [0, 0.1) is 19.7 Å². The predicted octanol–water partition coefficient (Wildman–Crippen LogP) is 4.88. The van der Waals surface area contributed by atoms with E-state index < -0.39 is 6.10 Å². The molecule has 1 N–H and O–H groups in total. The van der Waals surface area contributed by atoms with E-state index in [-0.39, 0.29) is 18.5 Å². The number of hydrogen-bond acceptors (Lipinski definition) is 5. The minimum atomic E-state index is -0.716. The minimum Gasteiger partial charge on any atom is -0.491 e. The van der Waals surface area contributed by atoms with E-state index in [9.17, 15) is 9.50 Å². The van der Waals surface area contributed by atoms with E-state index in [1.54, 1.807) is 6.07 Å². The fourth-order valence-corrected chi connectivity index (χ4v) is 4.22. The van der Waals surface area contributed by atoms with Crippen molar-refractivity contribution in [2.75, 3.05) is 19.7 Å². The van der Waals surface area contributed by atoms with E-state index >= 15 is 0 Å². The molecule has 34 heavy (non-hydrogen) atoms. The lowest BCUT2D eigenvalue weighted by Gasteiger charge is -2.27. The number of para-hydroxylation sites is 1. The largest absolute Gasteiger partial charge is 0.491 e. The molecule has 1 heterocycles. The van der Waals surface area contributed by atoms with Crippen molar-refractivity contribution in [1.29, 1.82) is 0 Å². The van der Waals surface area contributed by atoms with Gasteiger partial charge in [0.05, 0.1) is 5.71 Å². The monoisotopic (exact) mass is 462 g/mol. The SMILES string of the molecule is Cc1ccccc1OC[C@@H](O)CN(Cc1cccc(F)c1)C[C@@H]1CC(c2ccccc2C)=NO1. The molecule has 1 aliphatic heterocycles. The second-order valence-electron chi connectivity index (χ2n) is 8.84. The Morgan fingerprint density at radius 1 is 1.06 bits per heavy atom. The summed E-state index contributed by atoms with van der Waals surface area (Å²) in [4.78, 5) is 7.82. The summed E-state index contributed by atoms with van der Waals surface area (Å²) in [7, 11) is 0. The molecule has 4 rings (SSSR count). The summed E-state index contributed by atoms with van der Waals surface area (Å²) < 4.78 is 19.6. The molecule has 0 fully saturated rings. The topological polar surface area (TPSA) is 54.3 Å². The van der Waals surface area contributed by atoms with Crippen LogP contribution in [0.1, 0.15) is 28.7 Å². The zero-order chi connectivity index (χ0) is 23.9. The summed E-state index contributed by atoms with van der Waals surface area (Å²) in [5.74, 6) is 0.483. The van der Waals surface area contributed by atoms with Gasteiger partial charge in [-0.3, -0.25) is 4.90 Å². The summed E-state index contributed by atoms with van der Waals surface area (Å²) in [6, 6.07) is 22.4. The predicted molar refractivity (Wildman–Crippen MR) is 132 cm³/mol. The Hall–Kier alpha value is -3.22. The van der Waals surface area contributed by atoms with Crippen molar-refractivity contribution >= 4 is 5.71 Å². The van der Waals surface area contributed by atoms with Gasteiger partial charge >= 0.3 is 0 Å². The third-order valence-corrected chi connectivity index (χ3v) is 5.94. The number of hydrogen-bond donors (Lipinski definition) is 1. The summed E-state index contributed by atoms with van der Waals surface area (Å²) in [6.45, 7) is 5.60. The van der Waals surface area contributed by atoms with Crippen molar-refractivity contribution in [3.8, 4) is 5.75 Å². The Morgan fingerprint density at radius 2 is 1.82 bits per heavy atom. The Kier molecular flexibility index (Phi) is 7.93. The molecular weight excluding hydrogens is 431 g/mol. The van der Waals surface area contributed by atoms with Gasteiger partial charge in [0.15, 0.2) is 0 Å². The minimum absolute atomic E-state index is 0.146. The van der Waals surface area contributed by atoms with E-state index in [1.165, 1.54) is 12.1 Å². The van der Waals surface area contributed by atoms with Crippen LogP contribution in [-0.2, 0) is 11.4 Å². The van der Waals surface area contributed by atoms with Crippen LogP contribution in [0.4, 0.5) is 4.39 Å². The van der Waals surface area contributed by atoms with Crippen molar-refractivity contribution < 1.29 is 19.1 Å². The fourth-order valence-electron chi connectivity index (χ4n) is 4.22. The molecule has 0 amide bonds. The van der Waals surface area contributed by atoms with Gasteiger partial charge in [-0.2, -0.15) is 0 Å². The van der Waals surface area contributed by atoms with Crippen LogP contribution in [0.25, 0.3) is 0 Å². The number of ether oxygens (including phenoxy) is 1. The number of benzene rings is 3. The van der Waals surface area contributed by atoms with Gasteiger partial charge in [0, 0.05) is 31.6 Å². The third kappa shape index (κ3) is 6.43. The summed E-state index contributed by atoms with van der Waals surface area (Å²) in [6.07, 6.45) is -0.181. The molecule has 1 aliphatic rings. The van der Waals surface area contributed by atoms with Gasteiger partial charge in [-0.1, -0.05) is 59.8 Å². The zero-order valence-electron chi connectivity index (χ0n) is 19.7. The zero-order valence-corrected chi connectivity index (χ0v) is 19.7. The average molecular weight is 463 g/mol. The molecular formula is C28H31FN2O3. The lowest BCUT2D eigenvalue weighted by Crippen LogP contribution is -2.39. The number of aliphatic hydroxyl groups is 1. The molecule has 0 saturated carbocycles. The first kappa shape index (κ1) is 23.9. The second kappa shape index (κ2) is 11.3. The van der Waals surface area contributed by atoms with E-state index in [0.717, 1.165) is 33.7 Å². The van der Waals surface area contributed by atoms with Crippen molar-refractivity contribution in [2.24, 2.45) is 5.16 Å². The molecule has 0 saturated heterocycles. The third-order valence-electron chi connectivity index (χ3n) is 5.94. The molecule has 178 valence electrons. The summed E-state index contributed by atoms with van der Waals surface area (Å²) in [5.41, 5.74) is 5.04. The first-order chi connectivity index (χ1) is 16.5. The number of nitrogens with zero attached hydrogens (tertiary/aromatic N) is 2.